The van der Waals surface area contributed by atoms with Gasteiger partial charge in [-0.1, -0.05) is 35.9 Å². The number of carbonyl (C=O) groups is 4. The van der Waals surface area contributed by atoms with E-state index in [1.54, 1.807) is 6.07 Å². The summed E-state index contributed by atoms with van der Waals surface area (Å²) >= 11 is 7.76. The van der Waals surface area contributed by atoms with E-state index < -0.39 is 36.0 Å². The molecule has 1 aliphatic heterocycles. The van der Waals surface area contributed by atoms with Crippen LogP contribution in [0.3, 0.4) is 0 Å². The van der Waals surface area contributed by atoms with Crippen LogP contribution in [-0.4, -0.2) is 83.6 Å². The van der Waals surface area contributed by atoms with Gasteiger partial charge in [0.05, 0.1) is 26.9 Å². The maximum absolute atomic E-state index is 13.6. The Morgan fingerprint density at radius 3 is 2.35 bits per heavy atom. The Morgan fingerprint density at radius 2 is 1.62 bits per heavy atom. The number of carbonyl (C=O) groups excluding carboxylic acids is 4. The smallest absolute Gasteiger partial charge is 0.303 e. The molecule has 0 unspecified atom stereocenters. The van der Waals surface area contributed by atoms with Crippen LogP contribution in [-0.2, 0) is 41.7 Å². The van der Waals surface area contributed by atoms with E-state index in [0.29, 0.717) is 24.5 Å². The summed E-state index contributed by atoms with van der Waals surface area (Å²) < 4.78 is 16.7. The molecule has 1 N–H and O–H groups in total. The van der Waals surface area contributed by atoms with E-state index in [-0.39, 0.29) is 26.2 Å². The van der Waals surface area contributed by atoms with E-state index >= 15 is 0 Å². The van der Waals surface area contributed by atoms with E-state index in [0.717, 1.165) is 52.6 Å². The SMILES string of the molecule is CC(=O)O[C@@H](C(=O)NCCc1nc(COc2cc(C)nc3ccccc23)cs1)[C@@H](OC(C)=O)C(=O)N1CCN(c2ccccc2Cl)CC1. The highest BCUT2D eigenvalue weighted by molar-refractivity contribution is 7.09. The number of hydrogen-bond donors (Lipinski definition) is 1. The number of para-hydroxylation sites is 2. The van der Waals surface area contributed by atoms with Crippen LogP contribution < -0.4 is 15.0 Å². The third-order valence-electron chi connectivity index (χ3n) is 7.57. The molecule has 2 aromatic heterocycles. The molecule has 0 aliphatic carbocycles. The van der Waals surface area contributed by atoms with Crippen LogP contribution in [0.5, 0.6) is 5.75 Å². The highest BCUT2D eigenvalue weighted by atomic mass is 35.5. The number of aryl methyl sites for hydroxylation is 1. The molecule has 12 nitrogen and oxygen atoms in total. The Hall–Kier alpha value is -4.75. The van der Waals surface area contributed by atoms with Crippen molar-refractivity contribution in [3.63, 3.8) is 0 Å². The number of nitrogens with one attached hydrogen (secondary N) is 1. The second kappa shape index (κ2) is 15.9. The standard InChI is InChI=1S/C34H36ClN5O7S/c1-21-18-29(25-8-4-6-10-27(25)37-21)45-19-24-20-48-30(38-24)12-13-36-33(43)31(46-22(2)41)32(47-23(3)42)34(44)40-16-14-39(15-17-40)28-11-7-5-9-26(28)35/h4-11,18,20,31-32H,12-17,19H2,1-3H3,(H,36,43)/t31-,32-/m1/s1. The number of anilines is 1. The zero-order chi connectivity index (χ0) is 34.2. The molecule has 1 aliphatic rings. The molecule has 5 rings (SSSR count). The third kappa shape index (κ3) is 8.78. The Bertz CT molecular complexity index is 1790. The molecular weight excluding hydrogens is 658 g/mol. The van der Waals surface area contributed by atoms with E-state index in [1.807, 2.05) is 65.7 Å². The minimum Gasteiger partial charge on any atom is -0.486 e. The lowest BCUT2D eigenvalue weighted by atomic mass is 10.1. The lowest BCUT2D eigenvalue weighted by molar-refractivity contribution is -0.178. The molecule has 0 radical (unpaired) electrons. The molecule has 1 fully saturated rings. The van der Waals surface area contributed by atoms with Crippen molar-refractivity contribution < 1.29 is 33.4 Å². The van der Waals surface area contributed by atoms with Gasteiger partial charge in [-0.05, 0) is 31.2 Å². The Labute approximate surface area is 286 Å². The van der Waals surface area contributed by atoms with Crippen LogP contribution in [0.15, 0.2) is 60.0 Å². The summed E-state index contributed by atoms with van der Waals surface area (Å²) in [4.78, 5) is 63.7. The fourth-order valence-corrected chi connectivity index (χ4v) is 6.41. The number of thiazole rings is 1. The molecule has 3 heterocycles. The summed E-state index contributed by atoms with van der Waals surface area (Å²) in [5, 5.41) is 6.84. The number of esters is 2. The van der Waals surface area contributed by atoms with Crippen LogP contribution in [0.2, 0.25) is 5.02 Å². The van der Waals surface area contributed by atoms with Crippen LogP contribution in [0, 0.1) is 6.92 Å². The average Bonchev–Trinajstić information content (AvgIpc) is 3.52. The minimum atomic E-state index is -1.68. The molecule has 0 bridgehead atoms. The highest BCUT2D eigenvalue weighted by Crippen LogP contribution is 2.27. The average molecular weight is 694 g/mol. The monoisotopic (exact) mass is 693 g/mol. The first kappa shape index (κ1) is 34.6. The van der Waals surface area contributed by atoms with Gasteiger partial charge in [-0.2, -0.15) is 0 Å². The van der Waals surface area contributed by atoms with Crippen LogP contribution in [0.1, 0.15) is 30.2 Å². The first-order valence-corrected chi connectivity index (χ1v) is 16.7. The number of benzene rings is 2. The number of halogens is 1. The van der Waals surface area contributed by atoms with Gasteiger partial charge in [0.15, 0.2) is 0 Å². The second-order valence-corrected chi connectivity index (χ2v) is 12.5. The van der Waals surface area contributed by atoms with Crippen molar-refractivity contribution in [1.29, 1.82) is 0 Å². The predicted molar refractivity (Wildman–Crippen MR) is 181 cm³/mol. The van der Waals surface area contributed by atoms with Gasteiger partial charge in [0.2, 0.25) is 12.2 Å². The molecule has 0 spiro atoms. The van der Waals surface area contributed by atoms with Gasteiger partial charge in [0.1, 0.15) is 12.4 Å². The number of rotatable bonds is 12. The molecular formula is C34H36ClN5O7S. The van der Waals surface area contributed by atoms with Crippen molar-refractivity contribution in [2.45, 2.75) is 46.0 Å². The van der Waals surface area contributed by atoms with E-state index in [1.165, 1.54) is 16.2 Å². The third-order valence-corrected chi connectivity index (χ3v) is 8.84. The van der Waals surface area contributed by atoms with Gasteiger partial charge in [0, 0.05) is 75.5 Å². The van der Waals surface area contributed by atoms with Crippen molar-refractivity contribution in [1.82, 2.24) is 20.2 Å². The van der Waals surface area contributed by atoms with Crippen molar-refractivity contribution in [3.05, 3.63) is 81.4 Å². The summed E-state index contributed by atoms with van der Waals surface area (Å²) in [6, 6.07) is 17.0. The topological polar surface area (TPSA) is 140 Å². The molecule has 1 saturated heterocycles. The molecule has 2 aromatic carbocycles. The number of hydrogen-bond acceptors (Lipinski definition) is 11. The van der Waals surface area contributed by atoms with Crippen molar-refractivity contribution >= 4 is 63.3 Å². The van der Waals surface area contributed by atoms with Crippen molar-refractivity contribution in [3.8, 4) is 5.75 Å². The zero-order valence-corrected chi connectivity index (χ0v) is 28.4. The van der Waals surface area contributed by atoms with Gasteiger partial charge in [-0.15, -0.1) is 11.3 Å². The fourth-order valence-electron chi connectivity index (χ4n) is 5.37. The number of piperazine rings is 1. The molecule has 48 heavy (non-hydrogen) atoms. The molecule has 4 aromatic rings. The maximum Gasteiger partial charge on any atom is 0.303 e. The molecule has 2 atom stereocenters. The lowest BCUT2D eigenvalue weighted by Crippen LogP contribution is -2.57. The number of aromatic nitrogens is 2. The highest BCUT2D eigenvalue weighted by Gasteiger charge is 2.42. The van der Waals surface area contributed by atoms with E-state index in [4.69, 9.17) is 25.8 Å². The molecule has 14 heteroatoms. The van der Waals surface area contributed by atoms with E-state index in [9.17, 15) is 19.2 Å². The Balaban J connectivity index is 1.18. The van der Waals surface area contributed by atoms with Crippen molar-refractivity contribution in [2.24, 2.45) is 0 Å². The van der Waals surface area contributed by atoms with Gasteiger partial charge in [-0.3, -0.25) is 24.2 Å². The maximum atomic E-state index is 13.6. The first-order valence-electron chi connectivity index (χ1n) is 15.4. The number of ether oxygens (including phenoxy) is 3. The van der Waals surface area contributed by atoms with Gasteiger partial charge in [-0.25, -0.2) is 4.98 Å². The zero-order valence-electron chi connectivity index (χ0n) is 26.8. The van der Waals surface area contributed by atoms with Crippen LogP contribution in [0.4, 0.5) is 5.69 Å². The number of fused-ring (bicyclic) bond motifs is 1. The summed E-state index contributed by atoms with van der Waals surface area (Å²) in [5.74, 6) is -2.27. The second-order valence-electron chi connectivity index (χ2n) is 11.2. The first-order chi connectivity index (χ1) is 23.1. The number of nitrogens with zero attached hydrogens (tertiary/aromatic N) is 4. The Morgan fingerprint density at radius 1 is 0.938 bits per heavy atom. The Kier molecular flexibility index (Phi) is 11.5. The lowest BCUT2D eigenvalue weighted by Gasteiger charge is -2.38. The summed E-state index contributed by atoms with van der Waals surface area (Å²) in [6.07, 6.45) is -2.97. The normalized spacial score (nSPS) is 14.2. The molecule has 252 valence electrons. The number of pyridine rings is 1. The summed E-state index contributed by atoms with van der Waals surface area (Å²) in [5.41, 5.74) is 3.27. The molecule has 0 saturated carbocycles. The van der Waals surface area contributed by atoms with Crippen LogP contribution in [0.25, 0.3) is 10.9 Å². The summed E-state index contributed by atoms with van der Waals surface area (Å²) in [7, 11) is 0. The quantitative estimate of drug-likeness (QED) is 0.216. The van der Waals surface area contributed by atoms with E-state index in [2.05, 4.69) is 15.3 Å². The number of amides is 2. The van der Waals surface area contributed by atoms with Crippen LogP contribution >= 0.6 is 22.9 Å². The van der Waals surface area contributed by atoms with Gasteiger partial charge >= 0.3 is 11.9 Å². The predicted octanol–water partition coefficient (Wildman–Crippen LogP) is 4.10. The molecule has 2 amide bonds. The van der Waals surface area contributed by atoms with Gasteiger partial charge in [0.25, 0.3) is 11.8 Å². The fraction of sp³-hybridized carbons (Fsp3) is 0.353. The largest absolute Gasteiger partial charge is 0.486 e. The summed E-state index contributed by atoms with van der Waals surface area (Å²) in [6.45, 7) is 6.04. The van der Waals surface area contributed by atoms with Crippen molar-refractivity contribution in [2.75, 3.05) is 37.6 Å². The minimum absolute atomic E-state index is 0.135. The van der Waals surface area contributed by atoms with Gasteiger partial charge < -0.3 is 29.3 Å².